The highest BCUT2D eigenvalue weighted by Gasteiger charge is 2.22. The fourth-order valence-corrected chi connectivity index (χ4v) is 3.40. The van der Waals surface area contributed by atoms with Gasteiger partial charge in [0.05, 0.1) is 13.3 Å². The zero-order valence-corrected chi connectivity index (χ0v) is 8.68. The summed E-state index contributed by atoms with van der Waals surface area (Å²) in [5.74, 6) is 2.32. The van der Waals surface area contributed by atoms with Crippen molar-refractivity contribution < 1.29 is 5.41 Å². The maximum atomic E-state index is 5.81. The van der Waals surface area contributed by atoms with Gasteiger partial charge < -0.3 is 0 Å². The summed E-state index contributed by atoms with van der Waals surface area (Å²) in [5.41, 5.74) is 0. The van der Waals surface area contributed by atoms with Gasteiger partial charge in [-0.15, -0.1) is 0 Å². The number of rotatable bonds is 0. The molecule has 1 atom stereocenters. The molecule has 1 aliphatic rings. The van der Waals surface area contributed by atoms with Crippen molar-refractivity contribution in [3.8, 4) is 0 Å². The van der Waals surface area contributed by atoms with Gasteiger partial charge >= 0.3 is 0 Å². The van der Waals surface area contributed by atoms with Crippen molar-refractivity contribution in [2.24, 2.45) is 5.92 Å². The maximum Gasteiger partial charge on any atom is 0.207 e. The lowest BCUT2D eigenvalue weighted by atomic mass is 9.97. The molecule has 0 saturated heterocycles. The van der Waals surface area contributed by atoms with E-state index in [4.69, 9.17) is 5.41 Å². The minimum Gasteiger partial charge on any atom is -0.253 e. The normalized spacial score (nSPS) is 27.6. The highest BCUT2D eigenvalue weighted by Crippen LogP contribution is 2.23. The smallest absolute Gasteiger partial charge is 0.207 e. The SMILES string of the molecule is C[C+]1C=IC(=[NH2+])CC(C)C1. The quantitative estimate of drug-likeness (QED) is 0.490. The first-order valence-electron chi connectivity index (χ1n) is 3.59. The molecule has 0 aromatic rings. The molecular formula is C8H14IN+2. The molecule has 1 unspecified atom stereocenters. The van der Waals surface area contributed by atoms with Crippen molar-refractivity contribution in [2.45, 2.75) is 26.7 Å². The average molecular weight is 251 g/mol. The van der Waals surface area contributed by atoms with E-state index in [0.29, 0.717) is 0 Å². The second-order valence-electron chi connectivity index (χ2n) is 3.02. The zero-order chi connectivity index (χ0) is 7.56. The van der Waals surface area contributed by atoms with Crippen LogP contribution in [0.25, 0.3) is 0 Å². The van der Waals surface area contributed by atoms with Crippen molar-refractivity contribution in [3.05, 3.63) is 5.92 Å². The van der Waals surface area contributed by atoms with Crippen molar-refractivity contribution in [1.82, 2.24) is 0 Å². The Bertz CT molecular complexity index is 163. The summed E-state index contributed by atoms with van der Waals surface area (Å²) in [6.07, 6.45) is 2.40. The van der Waals surface area contributed by atoms with Gasteiger partial charge in [0.15, 0.2) is 0 Å². The lowest BCUT2D eigenvalue weighted by molar-refractivity contribution is -0.110. The van der Waals surface area contributed by atoms with Crippen LogP contribution in [0.5, 0.6) is 0 Å². The molecule has 0 saturated carbocycles. The third-order valence-electron chi connectivity index (χ3n) is 1.59. The van der Waals surface area contributed by atoms with Crippen molar-refractivity contribution in [3.63, 3.8) is 0 Å². The largest absolute Gasteiger partial charge is 0.253 e. The van der Waals surface area contributed by atoms with Gasteiger partial charge in [-0.25, -0.2) is 0 Å². The van der Waals surface area contributed by atoms with E-state index in [1.165, 1.54) is 10.1 Å². The van der Waals surface area contributed by atoms with Gasteiger partial charge in [-0.1, -0.05) is 6.92 Å². The lowest BCUT2D eigenvalue weighted by Gasteiger charge is -1.99. The second kappa shape index (κ2) is 3.51. The van der Waals surface area contributed by atoms with Crippen molar-refractivity contribution in [1.29, 1.82) is 0 Å². The maximum absolute atomic E-state index is 5.81. The molecule has 0 aromatic heterocycles. The molecule has 0 aliphatic carbocycles. The molecule has 1 heterocycles. The molecule has 56 valence electrons. The Morgan fingerprint density at radius 2 is 2.50 bits per heavy atom. The topological polar surface area (TPSA) is 25.6 Å². The molecule has 0 fully saturated rings. The van der Waals surface area contributed by atoms with E-state index in [1.54, 1.807) is 5.92 Å². The molecule has 0 radical (unpaired) electrons. The van der Waals surface area contributed by atoms with E-state index in [-0.39, 0.29) is 20.7 Å². The fourth-order valence-electron chi connectivity index (χ4n) is 1.21. The summed E-state index contributed by atoms with van der Waals surface area (Å²) in [4.78, 5) is 0. The Morgan fingerprint density at radius 3 is 3.20 bits per heavy atom. The van der Waals surface area contributed by atoms with Gasteiger partial charge in [-0.2, -0.15) is 0 Å². The highest BCUT2D eigenvalue weighted by molar-refractivity contribution is 14.2. The van der Waals surface area contributed by atoms with E-state index in [1.807, 2.05) is 0 Å². The van der Waals surface area contributed by atoms with E-state index in [0.717, 1.165) is 12.3 Å². The van der Waals surface area contributed by atoms with Crippen LogP contribution in [0, 0.1) is 11.8 Å². The van der Waals surface area contributed by atoms with Crippen LogP contribution in [0.2, 0.25) is 0 Å². The van der Waals surface area contributed by atoms with Crippen LogP contribution in [0.1, 0.15) is 26.7 Å². The van der Waals surface area contributed by atoms with Gasteiger partial charge in [0.2, 0.25) is 3.72 Å². The number of hydrogen-bond donors (Lipinski definition) is 1. The van der Waals surface area contributed by atoms with Crippen molar-refractivity contribution >= 4 is 28.5 Å². The molecule has 0 aromatic carbocycles. The van der Waals surface area contributed by atoms with Crippen LogP contribution in [-0.2, 0) is 0 Å². The first-order valence-corrected chi connectivity index (χ1v) is 5.91. The fraction of sp³-hybridized carbons (Fsp3) is 0.625. The monoisotopic (exact) mass is 251 g/mol. The van der Waals surface area contributed by atoms with Crippen LogP contribution < -0.4 is 5.41 Å². The standard InChI is InChI=1S/C8H13IN/c1-6-3-7(2)5-9-8(10)4-6/h5-6,10H,3-4H2,1-2H3/q+1/p+1. The first-order chi connectivity index (χ1) is 4.68. The van der Waals surface area contributed by atoms with Crippen LogP contribution >= 0.6 is 20.7 Å². The minimum atomic E-state index is 0.0894. The molecule has 1 aliphatic heterocycles. The van der Waals surface area contributed by atoms with Gasteiger partial charge in [0.25, 0.3) is 0 Å². The molecule has 0 amide bonds. The van der Waals surface area contributed by atoms with E-state index >= 15 is 0 Å². The third kappa shape index (κ3) is 2.40. The predicted octanol–water partition coefficient (Wildman–Crippen LogP) is 0.941. The third-order valence-corrected chi connectivity index (χ3v) is 4.21. The second-order valence-corrected chi connectivity index (χ2v) is 5.66. The zero-order valence-electron chi connectivity index (χ0n) is 6.52. The Morgan fingerprint density at radius 1 is 1.80 bits per heavy atom. The minimum absolute atomic E-state index is 0.0894. The van der Waals surface area contributed by atoms with Gasteiger partial charge in [-0.3, -0.25) is 5.41 Å². The summed E-state index contributed by atoms with van der Waals surface area (Å²) in [5, 5.41) is 5.81. The summed E-state index contributed by atoms with van der Waals surface area (Å²) < 4.78 is 3.61. The summed E-state index contributed by atoms with van der Waals surface area (Å²) >= 11 is 0.0894. The summed E-state index contributed by atoms with van der Waals surface area (Å²) in [7, 11) is 0. The molecule has 1 rings (SSSR count). The number of hydrogen-bond acceptors (Lipinski definition) is 0. The highest BCUT2D eigenvalue weighted by atomic mass is 127. The van der Waals surface area contributed by atoms with E-state index in [9.17, 15) is 0 Å². The Labute approximate surface area is 72.5 Å². The van der Waals surface area contributed by atoms with Crippen molar-refractivity contribution in [2.75, 3.05) is 0 Å². The van der Waals surface area contributed by atoms with Gasteiger partial charge in [0, 0.05) is 33.1 Å². The van der Waals surface area contributed by atoms with Crippen LogP contribution in [0.3, 0.4) is 0 Å². The Hall–Kier alpha value is 0.140. The molecule has 0 spiro atoms. The van der Waals surface area contributed by atoms with E-state index < -0.39 is 0 Å². The van der Waals surface area contributed by atoms with Gasteiger partial charge in [-0.05, 0) is 0 Å². The average Bonchev–Trinajstić information content (AvgIpc) is 1.93. The number of nitrogens with two attached hydrogens (primary N) is 1. The summed E-state index contributed by atoms with van der Waals surface area (Å²) in [6.45, 7) is 4.49. The Balaban J connectivity index is 2.60. The van der Waals surface area contributed by atoms with Gasteiger partial charge in [0.1, 0.15) is 9.93 Å². The molecule has 2 heteroatoms. The molecular weight excluding hydrogens is 237 g/mol. The first kappa shape index (κ1) is 8.24. The summed E-state index contributed by atoms with van der Waals surface area (Å²) in [6, 6.07) is 0. The molecule has 1 nitrogen and oxygen atoms in total. The van der Waals surface area contributed by atoms with E-state index in [2.05, 4.69) is 17.9 Å². The lowest BCUT2D eigenvalue weighted by Crippen LogP contribution is -2.36. The molecule has 0 bridgehead atoms. The predicted molar refractivity (Wildman–Crippen MR) is 54.3 cm³/mol. The van der Waals surface area contributed by atoms with Crippen LogP contribution in [-0.4, -0.2) is 7.73 Å². The molecule has 2 N–H and O–H groups in total. The number of halogens is 1. The van der Waals surface area contributed by atoms with Crippen LogP contribution in [0.4, 0.5) is 0 Å². The Kier molecular flexibility index (Phi) is 2.89. The van der Waals surface area contributed by atoms with Crippen LogP contribution in [0.15, 0.2) is 0 Å². The molecule has 10 heavy (non-hydrogen) atoms.